The summed E-state index contributed by atoms with van der Waals surface area (Å²) in [6.45, 7) is 16.3. The van der Waals surface area contributed by atoms with Gasteiger partial charge in [-0.1, -0.05) is 57.3 Å². The number of rotatable bonds is 3. The Hall–Kier alpha value is -2.04. The van der Waals surface area contributed by atoms with Crippen molar-refractivity contribution in [1.29, 1.82) is 0 Å². The highest BCUT2D eigenvalue weighted by Gasteiger charge is 2.28. The third kappa shape index (κ3) is 3.32. The van der Waals surface area contributed by atoms with Gasteiger partial charge >= 0.3 is 0 Å². The fraction of sp³-hybridized carbons (Fsp3) is 0.360. The molecule has 2 aromatic carbocycles. The number of fused-ring (bicyclic) bond motifs is 2. The van der Waals surface area contributed by atoms with Crippen molar-refractivity contribution in [3.8, 4) is 11.3 Å². The van der Waals surface area contributed by atoms with Crippen LogP contribution in [0, 0.1) is 13.8 Å². The molecule has 29 heavy (non-hydrogen) atoms. The zero-order chi connectivity index (χ0) is 21.1. The third-order valence-corrected chi connectivity index (χ3v) is 9.15. The number of benzene rings is 2. The van der Waals surface area contributed by atoms with Crippen LogP contribution in [0.15, 0.2) is 36.0 Å². The van der Waals surface area contributed by atoms with Crippen LogP contribution in [0.25, 0.3) is 32.2 Å². The predicted octanol–water partition coefficient (Wildman–Crippen LogP) is 6.23. The lowest BCUT2D eigenvalue weighted by Gasteiger charge is -2.17. The van der Waals surface area contributed by atoms with Crippen molar-refractivity contribution in [1.82, 2.24) is 4.98 Å². The highest BCUT2D eigenvalue weighted by atomic mass is 32.1. The fourth-order valence-corrected chi connectivity index (χ4v) is 7.85. The van der Waals surface area contributed by atoms with Crippen molar-refractivity contribution in [2.24, 2.45) is 7.05 Å². The van der Waals surface area contributed by atoms with E-state index in [2.05, 4.69) is 88.6 Å². The lowest BCUT2D eigenvalue weighted by molar-refractivity contribution is -0.662. The molecule has 0 saturated carbocycles. The standard InChI is InChI=1S/C25H31N2SSi/c1-15(2)19-12-21(17(4)20-11-16(3)9-10-18(19)20)24-25-23(26-14-27(24)5)22(13-28-25)29(6,7)8/h9-15H,1-8H3/q+1. The maximum atomic E-state index is 4.87. The molecule has 0 aliphatic carbocycles. The van der Waals surface area contributed by atoms with Gasteiger partial charge in [-0.2, -0.15) is 0 Å². The van der Waals surface area contributed by atoms with E-state index in [0.717, 1.165) is 0 Å². The molecule has 0 unspecified atom stereocenters. The van der Waals surface area contributed by atoms with Crippen LogP contribution in [-0.4, -0.2) is 13.1 Å². The van der Waals surface area contributed by atoms with Crippen LogP contribution in [0.3, 0.4) is 0 Å². The predicted molar refractivity (Wildman–Crippen MR) is 130 cm³/mol. The Kier molecular flexibility index (Phi) is 4.91. The Bertz CT molecular complexity index is 1250. The maximum Gasteiger partial charge on any atom is 0.287 e. The van der Waals surface area contributed by atoms with Crippen LogP contribution in [0.4, 0.5) is 0 Å². The molecule has 0 spiro atoms. The lowest BCUT2D eigenvalue weighted by Crippen LogP contribution is -2.38. The summed E-state index contributed by atoms with van der Waals surface area (Å²) in [7, 11) is 0.688. The van der Waals surface area contributed by atoms with Crippen molar-refractivity contribution >= 4 is 45.6 Å². The minimum Gasteiger partial charge on any atom is -0.231 e. The monoisotopic (exact) mass is 419 g/mol. The van der Waals surface area contributed by atoms with Crippen LogP contribution >= 0.6 is 11.3 Å². The molecule has 0 N–H and O–H groups in total. The molecule has 0 atom stereocenters. The first kappa shape index (κ1) is 20.2. The van der Waals surface area contributed by atoms with Gasteiger partial charge in [0.2, 0.25) is 0 Å². The minimum atomic E-state index is -1.44. The highest BCUT2D eigenvalue weighted by Crippen LogP contribution is 2.38. The fourth-order valence-electron chi connectivity index (χ4n) is 4.28. The van der Waals surface area contributed by atoms with Gasteiger partial charge in [0.15, 0.2) is 11.2 Å². The Morgan fingerprint density at radius 1 is 1.03 bits per heavy atom. The summed E-state index contributed by atoms with van der Waals surface area (Å²) in [5.74, 6) is 0.475. The average Bonchev–Trinajstić information content (AvgIpc) is 3.07. The van der Waals surface area contributed by atoms with Gasteiger partial charge in [0, 0.05) is 10.8 Å². The van der Waals surface area contributed by atoms with E-state index >= 15 is 0 Å². The molecular formula is C25H31N2SSi+. The van der Waals surface area contributed by atoms with E-state index in [9.17, 15) is 0 Å². The maximum absolute atomic E-state index is 4.87. The van der Waals surface area contributed by atoms with E-state index in [-0.39, 0.29) is 0 Å². The number of aromatic nitrogens is 2. The van der Waals surface area contributed by atoms with Crippen molar-refractivity contribution in [3.63, 3.8) is 0 Å². The molecule has 0 fully saturated rings. The molecule has 2 aromatic heterocycles. The zero-order valence-electron chi connectivity index (χ0n) is 18.8. The van der Waals surface area contributed by atoms with Gasteiger partial charge in [-0.15, -0.1) is 11.3 Å². The van der Waals surface area contributed by atoms with E-state index in [1.807, 2.05) is 17.7 Å². The highest BCUT2D eigenvalue weighted by molar-refractivity contribution is 7.20. The van der Waals surface area contributed by atoms with Crippen molar-refractivity contribution < 1.29 is 4.57 Å². The second kappa shape index (κ2) is 7.03. The third-order valence-electron chi connectivity index (χ3n) is 5.97. The average molecular weight is 420 g/mol. The van der Waals surface area contributed by atoms with Gasteiger partial charge in [0.25, 0.3) is 6.33 Å². The van der Waals surface area contributed by atoms with Crippen LogP contribution in [0.1, 0.15) is 36.5 Å². The van der Waals surface area contributed by atoms with Gasteiger partial charge in [0.1, 0.15) is 4.70 Å². The summed E-state index contributed by atoms with van der Waals surface area (Å²) in [5, 5.41) is 6.58. The summed E-state index contributed by atoms with van der Waals surface area (Å²) in [4.78, 5) is 4.87. The summed E-state index contributed by atoms with van der Waals surface area (Å²) in [6, 6.07) is 9.31. The Labute approximate surface area is 179 Å². The summed E-state index contributed by atoms with van der Waals surface area (Å²) < 4.78 is 3.53. The van der Waals surface area contributed by atoms with E-state index in [4.69, 9.17) is 4.98 Å². The molecule has 2 heterocycles. The van der Waals surface area contributed by atoms with Crippen LogP contribution in [-0.2, 0) is 7.05 Å². The Morgan fingerprint density at radius 2 is 1.76 bits per heavy atom. The molecule has 4 rings (SSSR count). The minimum absolute atomic E-state index is 0.475. The largest absolute Gasteiger partial charge is 0.287 e. The van der Waals surface area contributed by atoms with Gasteiger partial charge in [-0.25, -0.2) is 4.57 Å². The summed E-state index contributed by atoms with van der Waals surface area (Å²) in [6.07, 6.45) is 2.00. The van der Waals surface area contributed by atoms with Gasteiger partial charge < -0.3 is 0 Å². The van der Waals surface area contributed by atoms with E-state index < -0.39 is 8.07 Å². The number of nitrogens with zero attached hydrogens (tertiary/aromatic N) is 2. The van der Waals surface area contributed by atoms with E-state index in [0.29, 0.717) is 5.92 Å². The summed E-state index contributed by atoms with van der Waals surface area (Å²) >= 11 is 1.86. The van der Waals surface area contributed by atoms with Gasteiger partial charge in [0.05, 0.1) is 15.1 Å². The Morgan fingerprint density at radius 3 is 2.41 bits per heavy atom. The molecule has 0 amide bonds. The van der Waals surface area contributed by atoms with E-state index in [1.54, 1.807) is 0 Å². The molecule has 4 aromatic rings. The van der Waals surface area contributed by atoms with Crippen molar-refractivity contribution in [2.45, 2.75) is 53.3 Å². The Balaban J connectivity index is 2.12. The lowest BCUT2D eigenvalue weighted by atomic mass is 9.88. The molecule has 0 radical (unpaired) electrons. The smallest absolute Gasteiger partial charge is 0.231 e. The SMILES string of the molecule is Cc1ccc2c(C(C)C)cc(-c3c4scc([Si](C)(C)C)c4nc[n+]3C)c(C)c2c1. The zero-order valence-corrected chi connectivity index (χ0v) is 20.7. The molecule has 4 heteroatoms. The molecular weight excluding hydrogens is 388 g/mol. The van der Waals surface area contributed by atoms with Crippen molar-refractivity contribution in [3.05, 3.63) is 52.7 Å². The van der Waals surface area contributed by atoms with Gasteiger partial charge in [-0.05, 0) is 58.1 Å². The number of thiophene rings is 1. The normalized spacial score (nSPS) is 12.4. The number of hydrogen-bond acceptors (Lipinski definition) is 2. The quantitative estimate of drug-likeness (QED) is 0.284. The molecule has 0 aliphatic heterocycles. The summed E-state index contributed by atoms with van der Waals surface area (Å²) in [5.41, 5.74) is 7.94. The van der Waals surface area contributed by atoms with E-state index in [1.165, 1.54) is 54.1 Å². The molecule has 0 saturated heterocycles. The number of hydrogen-bond donors (Lipinski definition) is 0. The molecule has 150 valence electrons. The first-order valence-corrected chi connectivity index (χ1v) is 14.8. The van der Waals surface area contributed by atoms with Crippen LogP contribution in [0.5, 0.6) is 0 Å². The first-order valence-electron chi connectivity index (χ1n) is 10.4. The topological polar surface area (TPSA) is 16.8 Å². The molecule has 0 bridgehead atoms. The first-order chi connectivity index (χ1) is 13.6. The number of aryl methyl sites for hydroxylation is 3. The van der Waals surface area contributed by atoms with Crippen LogP contribution < -0.4 is 9.75 Å². The molecule has 2 nitrogen and oxygen atoms in total. The second-order valence-corrected chi connectivity index (χ2v) is 15.5. The van der Waals surface area contributed by atoms with Crippen LogP contribution in [0.2, 0.25) is 19.6 Å². The second-order valence-electron chi connectivity index (χ2n) is 9.62. The van der Waals surface area contributed by atoms with Crippen molar-refractivity contribution in [2.75, 3.05) is 0 Å². The van der Waals surface area contributed by atoms with Gasteiger partial charge in [-0.3, -0.25) is 0 Å². The molecule has 0 aliphatic rings.